The third kappa shape index (κ3) is 4.70. The lowest BCUT2D eigenvalue weighted by Crippen LogP contribution is -2.24. The number of carbonyl (C=O) groups is 1. The zero-order valence-corrected chi connectivity index (χ0v) is 12.5. The van der Waals surface area contributed by atoms with Crippen LogP contribution in [0.2, 0.25) is 0 Å². The van der Waals surface area contributed by atoms with Crippen LogP contribution in [0.4, 0.5) is 4.39 Å². The van der Waals surface area contributed by atoms with Crippen LogP contribution in [-0.2, 0) is 4.79 Å². The molecule has 0 aliphatic rings. The Hall–Kier alpha value is -2.69. The Kier molecular flexibility index (Phi) is 5.25. The summed E-state index contributed by atoms with van der Waals surface area (Å²) in [5, 5.41) is 3.88. The van der Waals surface area contributed by atoms with E-state index in [4.69, 9.17) is 4.74 Å². The summed E-state index contributed by atoms with van der Waals surface area (Å²) < 4.78 is 18.1. The van der Waals surface area contributed by atoms with Crippen molar-refractivity contribution in [3.63, 3.8) is 0 Å². The standard InChI is InChI=1S/C17H17FN2O2/c1-12-6-7-14(13(2)8-12)10-19-20-17(21)11-22-16-5-3-4-15(18)9-16/h3-10H,11H2,1-2H3,(H,20,21)/b19-10-. The number of hydrogen-bond acceptors (Lipinski definition) is 3. The summed E-state index contributed by atoms with van der Waals surface area (Å²) in [4.78, 5) is 11.6. The highest BCUT2D eigenvalue weighted by Crippen LogP contribution is 2.11. The summed E-state index contributed by atoms with van der Waals surface area (Å²) in [7, 11) is 0. The summed E-state index contributed by atoms with van der Waals surface area (Å²) in [6.07, 6.45) is 1.58. The number of carbonyl (C=O) groups excluding carboxylic acids is 1. The van der Waals surface area contributed by atoms with E-state index in [1.165, 1.54) is 23.8 Å². The van der Waals surface area contributed by atoms with E-state index in [1.54, 1.807) is 12.3 Å². The van der Waals surface area contributed by atoms with Crippen molar-refractivity contribution in [2.45, 2.75) is 13.8 Å². The number of nitrogens with one attached hydrogen (secondary N) is 1. The lowest BCUT2D eigenvalue weighted by Gasteiger charge is -2.05. The molecule has 2 aromatic carbocycles. The quantitative estimate of drug-likeness (QED) is 0.682. The van der Waals surface area contributed by atoms with Gasteiger partial charge in [0.1, 0.15) is 11.6 Å². The van der Waals surface area contributed by atoms with Gasteiger partial charge in [0.15, 0.2) is 6.61 Å². The normalized spacial score (nSPS) is 10.7. The molecule has 0 atom stereocenters. The fourth-order valence-corrected chi connectivity index (χ4v) is 1.88. The largest absolute Gasteiger partial charge is 0.484 e. The van der Waals surface area contributed by atoms with Crippen LogP contribution in [0.5, 0.6) is 5.75 Å². The van der Waals surface area contributed by atoms with Crippen LogP contribution in [0.15, 0.2) is 47.6 Å². The van der Waals surface area contributed by atoms with Crippen LogP contribution < -0.4 is 10.2 Å². The van der Waals surface area contributed by atoms with Crippen molar-refractivity contribution in [1.82, 2.24) is 5.43 Å². The van der Waals surface area contributed by atoms with Gasteiger partial charge < -0.3 is 4.74 Å². The molecule has 0 aliphatic heterocycles. The van der Waals surface area contributed by atoms with Crippen LogP contribution in [0.3, 0.4) is 0 Å². The van der Waals surface area contributed by atoms with Gasteiger partial charge in [-0.25, -0.2) is 9.82 Å². The van der Waals surface area contributed by atoms with Crippen molar-refractivity contribution < 1.29 is 13.9 Å². The molecule has 1 amide bonds. The first-order valence-electron chi connectivity index (χ1n) is 6.82. The molecule has 22 heavy (non-hydrogen) atoms. The molecule has 2 aromatic rings. The average molecular weight is 300 g/mol. The van der Waals surface area contributed by atoms with Crippen molar-refractivity contribution in [1.29, 1.82) is 0 Å². The lowest BCUT2D eigenvalue weighted by atomic mass is 10.1. The molecule has 0 fully saturated rings. The fraction of sp³-hybridized carbons (Fsp3) is 0.176. The van der Waals surface area contributed by atoms with Crippen molar-refractivity contribution in [2.24, 2.45) is 5.10 Å². The Morgan fingerprint density at radius 1 is 1.27 bits per heavy atom. The van der Waals surface area contributed by atoms with Crippen LogP contribution in [0, 0.1) is 19.7 Å². The Labute approximate surface area is 128 Å². The molecule has 0 spiro atoms. The lowest BCUT2D eigenvalue weighted by molar-refractivity contribution is -0.123. The summed E-state index contributed by atoms with van der Waals surface area (Å²) >= 11 is 0. The van der Waals surface area contributed by atoms with Crippen molar-refractivity contribution in [2.75, 3.05) is 6.61 Å². The monoisotopic (exact) mass is 300 g/mol. The fourth-order valence-electron chi connectivity index (χ4n) is 1.88. The van der Waals surface area contributed by atoms with E-state index in [-0.39, 0.29) is 6.61 Å². The minimum Gasteiger partial charge on any atom is -0.484 e. The molecule has 1 N–H and O–H groups in total. The Morgan fingerprint density at radius 3 is 2.82 bits per heavy atom. The maximum Gasteiger partial charge on any atom is 0.277 e. The number of nitrogens with zero attached hydrogens (tertiary/aromatic N) is 1. The van der Waals surface area contributed by atoms with Crippen LogP contribution >= 0.6 is 0 Å². The van der Waals surface area contributed by atoms with Crippen LogP contribution in [-0.4, -0.2) is 18.7 Å². The number of aryl methyl sites for hydroxylation is 2. The van der Waals surface area contributed by atoms with E-state index in [2.05, 4.69) is 10.5 Å². The van der Waals surface area contributed by atoms with Gasteiger partial charge in [-0.1, -0.05) is 29.8 Å². The Balaban J connectivity index is 1.83. The molecule has 5 heteroatoms. The summed E-state index contributed by atoms with van der Waals surface area (Å²) in [5.74, 6) is -0.524. The third-order valence-electron chi connectivity index (χ3n) is 2.98. The van der Waals surface area contributed by atoms with Gasteiger partial charge in [0, 0.05) is 6.07 Å². The van der Waals surface area contributed by atoms with Gasteiger partial charge in [-0.05, 0) is 37.1 Å². The number of halogens is 1. The maximum atomic E-state index is 12.9. The highest BCUT2D eigenvalue weighted by molar-refractivity contribution is 5.84. The first kappa shape index (κ1) is 15.7. The Morgan fingerprint density at radius 2 is 2.09 bits per heavy atom. The molecule has 0 heterocycles. The molecule has 0 saturated heterocycles. The number of rotatable bonds is 5. The summed E-state index contributed by atoms with van der Waals surface area (Å²) in [6, 6.07) is 11.6. The van der Waals surface area contributed by atoms with Crippen molar-refractivity contribution in [3.8, 4) is 5.75 Å². The number of benzene rings is 2. The van der Waals surface area contributed by atoms with Gasteiger partial charge >= 0.3 is 0 Å². The van der Waals surface area contributed by atoms with Crippen LogP contribution in [0.1, 0.15) is 16.7 Å². The van der Waals surface area contributed by atoms with Gasteiger partial charge in [-0.15, -0.1) is 0 Å². The van der Waals surface area contributed by atoms with E-state index < -0.39 is 11.7 Å². The zero-order chi connectivity index (χ0) is 15.9. The summed E-state index contributed by atoms with van der Waals surface area (Å²) in [5.41, 5.74) is 5.54. The van der Waals surface area contributed by atoms with Crippen LogP contribution in [0.25, 0.3) is 0 Å². The van der Waals surface area contributed by atoms with Gasteiger partial charge in [-0.3, -0.25) is 4.79 Å². The molecule has 4 nitrogen and oxygen atoms in total. The van der Waals surface area contributed by atoms with Crippen molar-refractivity contribution >= 4 is 12.1 Å². The molecular weight excluding hydrogens is 283 g/mol. The van der Waals surface area contributed by atoms with Crippen molar-refractivity contribution in [3.05, 3.63) is 65.0 Å². The second-order valence-corrected chi connectivity index (χ2v) is 4.90. The van der Waals surface area contributed by atoms with E-state index in [9.17, 15) is 9.18 Å². The summed E-state index contributed by atoms with van der Waals surface area (Å²) in [6.45, 7) is 3.76. The third-order valence-corrected chi connectivity index (χ3v) is 2.98. The first-order chi connectivity index (χ1) is 10.5. The molecule has 0 saturated carbocycles. The minimum atomic E-state index is -0.412. The SMILES string of the molecule is Cc1ccc(/C=N\NC(=O)COc2cccc(F)c2)c(C)c1. The molecule has 2 rings (SSSR count). The van der Waals surface area contributed by atoms with Gasteiger partial charge in [0.25, 0.3) is 5.91 Å². The predicted octanol–water partition coefficient (Wildman–Crippen LogP) is 2.97. The van der Waals surface area contributed by atoms with E-state index in [1.807, 2.05) is 32.0 Å². The van der Waals surface area contributed by atoms with E-state index in [0.29, 0.717) is 5.75 Å². The number of hydrazone groups is 1. The Bertz CT molecular complexity index is 699. The van der Waals surface area contributed by atoms with E-state index >= 15 is 0 Å². The predicted molar refractivity (Wildman–Crippen MR) is 83.5 cm³/mol. The molecule has 0 unspecified atom stereocenters. The number of amides is 1. The molecule has 0 aliphatic carbocycles. The highest BCUT2D eigenvalue weighted by atomic mass is 19.1. The number of ether oxygens (including phenoxy) is 1. The molecule has 0 radical (unpaired) electrons. The molecular formula is C17H17FN2O2. The number of hydrogen-bond donors (Lipinski definition) is 1. The first-order valence-corrected chi connectivity index (χ1v) is 6.82. The second kappa shape index (κ2) is 7.36. The van der Waals surface area contributed by atoms with E-state index in [0.717, 1.165) is 11.1 Å². The van der Waals surface area contributed by atoms with Gasteiger partial charge in [0.2, 0.25) is 0 Å². The average Bonchev–Trinajstić information content (AvgIpc) is 2.47. The van der Waals surface area contributed by atoms with Gasteiger partial charge in [-0.2, -0.15) is 5.10 Å². The molecule has 0 bridgehead atoms. The molecule has 0 aromatic heterocycles. The minimum absolute atomic E-state index is 0.228. The maximum absolute atomic E-state index is 12.9. The smallest absolute Gasteiger partial charge is 0.277 e. The second-order valence-electron chi connectivity index (χ2n) is 4.90. The van der Waals surface area contributed by atoms with Gasteiger partial charge in [0.05, 0.1) is 6.21 Å². The topological polar surface area (TPSA) is 50.7 Å². The highest BCUT2D eigenvalue weighted by Gasteiger charge is 2.02. The molecule has 114 valence electrons. The zero-order valence-electron chi connectivity index (χ0n) is 12.5.